The summed E-state index contributed by atoms with van der Waals surface area (Å²) in [5, 5.41) is 13.8. The zero-order chi connectivity index (χ0) is 34.4. The average Bonchev–Trinajstić information content (AvgIpc) is 3.57. The molecule has 5 rings (SSSR count). The Morgan fingerprint density at radius 1 is 0.812 bits per heavy atom. The lowest BCUT2D eigenvalue weighted by Gasteiger charge is -2.37. The van der Waals surface area contributed by atoms with Crippen LogP contribution in [0.15, 0.2) is 78.9 Å². The van der Waals surface area contributed by atoms with Crippen molar-refractivity contribution in [1.82, 2.24) is 5.32 Å². The first-order valence-electron chi connectivity index (χ1n) is 16.0. The van der Waals surface area contributed by atoms with Crippen molar-refractivity contribution in [3.05, 3.63) is 95.6 Å². The molecule has 10 nitrogen and oxygen atoms in total. The normalized spacial score (nSPS) is 27.8. The zero-order valence-electron chi connectivity index (χ0n) is 28.0. The van der Waals surface area contributed by atoms with Gasteiger partial charge in [0.2, 0.25) is 5.91 Å². The molecule has 3 aromatic rings. The van der Waals surface area contributed by atoms with Gasteiger partial charge in [0.1, 0.15) is 41.3 Å². The van der Waals surface area contributed by atoms with E-state index in [1.54, 1.807) is 21.3 Å². The molecule has 2 N–H and O–H groups in total. The molecule has 1 amide bonds. The summed E-state index contributed by atoms with van der Waals surface area (Å²) in [4.78, 5) is 13.5. The molecule has 0 radical (unpaired) electrons. The number of carbonyl (C=O) groups is 1. The number of nitrogens with one attached hydrogen (secondary N) is 1. The predicted octanol–water partition coefficient (Wildman–Crippen LogP) is 4.11. The van der Waals surface area contributed by atoms with Crippen LogP contribution in [0.3, 0.4) is 0 Å². The summed E-state index contributed by atoms with van der Waals surface area (Å²) in [5.41, 5.74) is 1.66. The summed E-state index contributed by atoms with van der Waals surface area (Å²) in [6.45, 7) is 1.97. The predicted molar refractivity (Wildman–Crippen MR) is 188 cm³/mol. The second-order valence-corrected chi connectivity index (χ2v) is 13.4. The minimum Gasteiger partial charge on any atom is -0.497 e. The highest BCUT2D eigenvalue weighted by atomic mass is 31.0. The van der Waals surface area contributed by atoms with E-state index in [-0.39, 0.29) is 42.6 Å². The van der Waals surface area contributed by atoms with E-state index in [0.29, 0.717) is 0 Å². The van der Waals surface area contributed by atoms with Gasteiger partial charge in [-0.1, -0.05) is 54.6 Å². The third-order valence-corrected chi connectivity index (χ3v) is 10.4. The number of aliphatic hydroxyl groups is 1. The number of rotatable bonds is 14. The fourth-order valence-corrected chi connectivity index (χ4v) is 8.06. The number of ether oxygens (including phenoxy) is 7. The van der Waals surface area contributed by atoms with Crippen LogP contribution in [0.5, 0.6) is 11.5 Å². The molecule has 11 atom stereocenters. The van der Waals surface area contributed by atoms with Crippen molar-refractivity contribution in [3.63, 3.8) is 0 Å². The van der Waals surface area contributed by atoms with E-state index in [1.807, 2.05) is 85.8 Å². The molecule has 2 fully saturated rings. The Kier molecular flexibility index (Phi) is 12.5. The lowest BCUT2D eigenvalue weighted by atomic mass is 9.80. The summed E-state index contributed by atoms with van der Waals surface area (Å²) in [6.07, 6.45) is -2.74. The highest BCUT2D eigenvalue weighted by Gasteiger charge is 2.48. The Balaban J connectivity index is 1.43. The topological polar surface area (TPSA) is 114 Å². The molecule has 3 aromatic carbocycles. The number of aliphatic hydroxyl groups excluding tert-OH is 1. The number of methoxy groups -OCH3 is 4. The number of benzene rings is 3. The fourth-order valence-electron chi connectivity index (χ4n) is 6.85. The van der Waals surface area contributed by atoms with Crippen LogP contribution in [0.1, 0.15) is 30.0 Å². The molecule has 0 spiro atoms. The van der Waals surface area contributed by atoms with E-state index in [2.05, 4.69) is 23.8 Å². The van der Waals surface area contributed by atoms with Gasteiger partial charge in [-0.3, -0.25) is 4.79 Å². The largest absolute Gasteiger partial charge is 0.497 e. The standard InChI is InChI=1S/C36H47NO9P2/c1-21(31-30(39)33(43-5)35(48)46-31)37-29(38)19-27-28(45-34(47)32(27)42-4)20-44-36(22-9-7-6-8-10-22,23-11-15-25(40-2)16-12-23)24-13-17-26(41-3)18-14-24/h6-18,21,27-28,30-35,39H,19-20,47-48H2,1-5H3,(H,37,38)/t21-,27?,28?,30?,31?,32?,33?,34?,35?/m0/s1. The first-order valence-corrected chi connectivity index (χ1v) is 17.3. The molecule has 10 unspecified atom stereocenters. The molecule has 48 heavy (non-hydrogen) atoms. The molecule has 0 saturated carbocycles. The molecular weight excluding hydrogens is 652 g/mol. The van der Waals surface area contributed by atoms with Crippen molar-refractivity contribution in [2.45, 2.75) is 67.2 Å². The van der Waals surface area contributed by atoms with E-state index >= 15 is 0 Å². The molecule has 260 valence electrons. The van der Waals surface area contributed by atoms with Gasteiger partial charge in [-0.2, -0.15) is 0 Å². The van der Waals surface area contributed by atoms with Gasteiger partial charge in [-0.15, -0.1) is 18.5 Å². The minimum absolute atomic E-state index is 0.117. The maximum Gasteiger partial charge on any atom is 0.220 e. The number of hydrogen-bond donors (Lipinski definition) is 2. The zero-order valence-corrected chi connectivity index (χ0v) is 30.3. The maximum atomic E-state index is 13.5. The Bertz CT molecular complexity index is 1420. The first kappa shape index (κ1) is 36.6. The average molecular weight is 700 g/mol. The molecule has 0 bridgehead atoms. The van der Waals surface area contributed by atoms with E-state index in [1.165, 1.54) is 7.11 Å². The van der Waals surface area contributed by atoms with Crippen LogP contribution < -0.4 is 14.8 Å². The highest BCUT2D eigenvalue weighted by Crippen LogP contribution is 2.44. The molecule has 2 aliphatic heterocycles. The van der Waals surface area contributed by atoms with E-state index < -0.39 is 36.1 Å². The molecule has 2 heterocycles. The molecule has 12 heteroatoms. The Morgan fingerprint density at radius 2 is 1.33 bits per heavy atom. The lowest BCUT2D eigenvalue weighted by Crippen LogP contribution is -2.48. The van der Waals surface area contributed by atoms with Crippen LogP contribution in [0.2, 0.25) is 0 Å². The van der Waals surface area contributed by atoms with Gasteiger partial charge in [-0.05, 0) is 47.9 Å². The SMILES string of the molecule is COc1ccc(C(OCC2OC(P)C(OC)C2CC(=O)N[C@@H](C)C2OC(P)C(OC)C2O)(c2ccccc2)c2ccc(OC)cc2)cc1. The van der Waals surface area contributed by atoms with Crippen LogP contribution in [-0.4, -0.2) is 94.3 Å². The van der Waals surface area contributed by atoms with E-state index in [9.17, 15) is 9.90 Å². The quantitative estimate of drug-likeness (QED) is 0.190. The van der Waals surface area contributed by atoms with Gasteiger partial charge in [0.25, 0.3) is 0 Å². The first-order chi connectivity index (χ1) is 23.2. The Morgan fingerprint density at radius 3 is 1.83 bits per heavy atom. The van der Waals surface area contributed by atoms with Crippen molar-refractivity contribution in [2.24, 2.45) is 5.92 Å². The maximum absolute atomic E-state index is 13.5. The Hall–Kier alpha value is -2.65. The molecular formula is C36H47NO9P2. The summed E-state index contributed by atoms with van der Waals surface area (Å²) in [5.74, 6) is 0.179. The second kappa shape index (κ2) is 16.4. The molecule has 0 aliphatic carbocycles. The number of amides is 1. The summed E-state index contributed by atoms with van der Waals surface area (Å²) in [6, 6.07) is 25.2. The van der Waals surface area contributed by atoms with Gasteiger partial charge in [0.05, 0.1) is 44.9 Å². The van der Waals surface area contributed by atoms with Crippen LogP contribution in [0.4, 0.5) is 0 Å². The van der Waals surface area contributed by atoms with Gasteiger partial charge in [0, 0.05) is 26.6 Å². The van der Waals surface area contributed by atoms with Crippen LogP contribution >= 0.6 is 18.5 Å². The monoisotopic (exact) mass is 699 g/mol. The molecule has 0 aromatic heterocycles. The van der Waals surface area contributed by atoms with Crippen LogP contribution in [0, 0.1) is 5.92 Å². The van der Waals surface area contributed by atoms with Gasteiger partial charge in [0.15, 0.2) is 0 Å². The van der Waals surface area contributed by atoms with Crippen molar-refractivity contribution >= 4 is 24.4 Å². The van der Waals surface area contributed by atoms with Crippen molar-refractivity contribution < 1.29 is 43.1 Å². The lowest BCUT2D eigenvalue weighted by molar-refractivity contribution is -0.126. The fraction of sp³-hybridized carbons (Fsp3) is 0.472. The summed E-state index contributed by atoms with van der Waals surface area (Å²) >= 11 is 0. The van der Waals surface area contributed by atoms with Crippen molar-refractivity contribution in [2.75, 3.05) is 35.0 Å². The summed E-state index contributed by atoms with van der Waals surface area (Å²) in [7, 11) is 11.7. The second-order valence-electron chi connectivity index (χ2n) is 12.1. The number of carbonyl (C=O) groups excluding carboxylic acids is 1. The van der Waals surface area contributed by atoms with Gasteiger partial charge in [-0.25, -0.2) is 0 Å². The van der Waals surface area contributed by atoms with Gasteiger partial charge < -0.3 is 43.6 Å². The molecule has 2 saturated heterocycles. The van der Waals surface area contributed by atoms with Gasteiger partial charge >= 0.3 is 0 Å². The third kappa shape index (κ3) is 7.57. The minimum atomic E-state index is -1.05. The Labute approximate surface area is 287 Å². The highest BCUT2D eigenvalue weighted by molar-refractivity contribution is 7.17. The van der Waals surface area contributed by atoms with E-state index in [0.717, 1.165) is 28.2 Å². The van der Waals surface area contributed by atoms with Crippen LogP contribution in [-0.2, 0) is 34.1 Å². The van der Waals surface area contributed by atoms with Crippen molar-refractivity contribution in [1.29, 1.82) is 0 Å². The third-order valence-electron chi connectivity index (χ3n) is 9.35. The summed E-state index contributed by atoms with van der Waals surface area (Å²) < 4.78 is 41.7. The van der Waals surface area contributed by atoms with Crippen molar-refractivity contribution in [3.8, 4) is 11.5 Å². The smallest absolute Gasteiger partial charge is 0.220 e. The molecule has 2 aliphatic rings. The van der Waals surface area contributed by atoms with Crippen LogP contribution in [0.25, 0.3) is 0 Å². The number of hydrogen-bond acceptors (Lipinski definition) is 9. The van der Waals surface area contributed by atoms with E-state index in [4.69, 9.17) is 33.2 Å².